The molecule has 1 heterocycles. The van der Waals surface area contributed by atoms with Crippen LogP contribution < -0.4 is 14.8 Å². The van der Waals surface area contributed by atoms with Crippen LogP contribution in [0.25, 0.3) is 6.08 Å². The third kappa shape index (κ3) is 4.28. The lowest BCUT2D eigenvalue weighted by Crippen LogP contribution is -2.16. The van der Waals surface area contributed by atoms with Crippen LogP contribution >= 0.6 is 0 Å². The van der Waals surface area contributed by atoms with Crippen molar-refractivity contribution in [2.75, 3.05) is 26.3 Å². The van der Waals surface area contributed by atoms with Gasteiger partial charge in [0.1, 0.15) is 0 Å². The number of nitrogens with one attached hydrogen (secondary N) is 1. The average Bonchev–Trinajstić information content (AvgIpc) is 2.63. The van der Waals surface area contributed by atoms with E-state index in [0.717, 1.165) is 50.6 Å². The second kappa shape index (κ2) is 7.19. The molecule has 0 unspecified atom stereocenters. The summed E-state index contributed by atoms with van der Waals surface area (Å²) in [6.07, 6.45) is 4.30. The fourth-order valence-electron chi connectivity index (χ4n) is 2.07. The predicted octanol–water partition coefficient (Wildman–Crippen LogP) is 3.25. The van der Waals surface area contributed by atoms with Crippen LogP contribution in [0.4, 0.5) is 0 Å². The van der Waals surface area contributed by atoms with Gasteiger partial charge < -0.3 is 14.8 Å². The molecule has 0 amide bonds. The molecule has 0 bridgehead atoms. The van der Waals surface area contributed by atoms with E-state index < -0.39 is 0 Å². The highest BCUT2D eigenvalue weighted by molar-refractivity contribution is 5.58. The van der Waals surface area contributed by atoms with E-state index in [4.69, 9.17) is 9.47 Å². The highest BCUT2D eigenvalue weighted by Gasteiger charge is 2.09. The van der Waals surface area contributed by atoms with Gasteiger partial charge in [-0.1, -0.05) is 24.6 Å². The van der Waals surface area contributed by atoms with Crippen LogP contribution in [0.5, 0.6) is 11.5 Å². The molecule has 1 aromatic carbocycles. The van der Waals surface area contributed by atoms with Gasteiger partial charge in [0.15, 0.2) is 11.5 Å². The van der Waals surface area contributed by atoms with Gasteiger partial charge in [-0.2, -0.15) is 0 Å². The first-order chi connectivity index (χ1) is 9.29. The van der Waals surface area contributed by atoms with Gasteiger partial charge in [0.25, 0.3) is 0 Å². The minimum absolute atomic E-state index is 0.733. The SMILES string of the molecule is CCCNCC(C)=Cc1ccc2c(c1)OCCCO2. The second-order valence-electron chi connectivity index (χ2n) is 4.92. The van der Waals surface area contributed by atoms with E-state index in [1.54, 1.807) is 0 Å². The third-order valence-electron chi connectivity index (χ3n) is 3.02. The van der Waals surface area contributed by atoms with Gasteiger partial charge in [-0.15, -0.1) is 0 Å². The first-order valence-corrected chi connectivity index (χ1v) is 7.07. The number of ether oxygens (including phenoxy) is 2. The summed E-state index contributed by atoms with van der Waals surface area (Å²) in [6, 6.07) is 6.14. The molecule has 0 spiro atoms. The van der Waals surface area contributed by atoms with Crippen LogP contribution in [0.1, 0.15) is 32.3 Å². The fraction of sp³-hybridized carbons (Fsp3) is 0.500. The zero-order chi connectivity index (χ0) is 13.5. The molecular formula is C16H23NO2. The Kier molecular flexibility index (Phi) is 5.28. The summed E-state index contributed by atoms with van der Waals surface area (Å²) in [5.74, 6) is 1.72. The molecule has 1 aliphatic heterocycles. The molecular weight excluding hydrogens is 238 g/mol. The zero-order valence-electron chi connectivity index (χ0n) is 11.9. The van der Waals surface area contributed by atoms with Crippen LogP contribution in [0.3, 0.4) is 0 Å². The second-order valence-corrected chi connectivity index (χ2v) is 4.92. The van der Waals surface area contributed by atoms with Crippen molar-refractivity contribution in [1.82, 2.24) is 5.32 Å². The van der Waals surface area contributed by atoms with E-state index >= 15 is 0 Å². The Bertz CT molecular complexity index is 440. The molecule has 1 aromatic rings. The van der Waals surface area contributed by atoms with E-state index in [2.05, 4.69) is 37.4 Å². The number of hydrogen-bond acceptors (Lipinski definition) is 3. The fourth-order valence-corrected chi connectivity index (χ4v) is 2.07. The Morgan fingerprint density at radius 3 is 2.84 bits per heavy atom. The lowest BCUT2D eigenvalue weighted by Gasteiger charge is -2.08. The number of benzene rings is 1. The Hall–Kier alpha value is -1.48. The molecule has 0 radical (unpaired) electrons. The van der Waals surface area contributed by atoms with Gasteiger partial charge in [0, 0.05) is 13.0 Å². The van der Waals surface area contributed by atoms with Gasteiger partial charge >= 0.3 is 0 Å². The standard InChI is InChI=1S/C16H23NO2/c1-3-7-17-12-13(2)10-14-5-6-15-16(11-14)19-9-4-8-18-15/h5-6,10-11,17H,3-4,7-9,12H2,1-2H3. The van der Waals surface area contributed by atoms with Crippen molar-refractivity contribution < 1.29 is 9.47 Å². The Balaban J connectivity index is 2.04. The molecule has 0 saturated heterocycles. The summed E-state index contributed by atoms with van der Waals surface area (Å²) in [5, 5.41) is 3.40. The van der Waals surface area contributed by atoms with E-state index in [-0.39, 0.29) is 0 Å². The smallest absolute Gasteiger partial charge is 0.161 e. The van der Waals surface area contributed by atoms with Crippen LogP contribution in [-0.2, 0) is 0 Å². The van der Waals surface area contributed by atoms with E-state index in [9.17, 15) is 0 Å². The van der Waals surface area contributed by atoms with Crippen LogP contribution in [0.15, 0.2) is 23.8 Å². The van der Waals surface area contributed by atoms with Crippen molar-refractivity contribution in [1.29, 1.82) is 0 Å². The van der Waals surface area contributed by atoms with E-state index in [1.165, 1.54) is 11.1 Å². The van der Waals surface area contributed by atoms with Crippen molar-refractivity contribution in [2.45, 2.75) is 26.7 Å². The van der Waals surface area contributed by atoms with Gasteiger partial charge in [0.05, 0.1) is 13.2 Å². The summed E-state index contributed by atoms with van der Waals surface area (Å²) < 4.78 is 11.3. The summed E-state index contributed by atoms with van der Waals surface area (Å²) in [4.78, 5) is 0. The Morgan fingerprint density at radius 1 is 1.26 bits per heavy atom. The van der Waals surface area contributed by atoms with Gasteiger partial charge in [-0.05, 0) is 37.6 Å². The molecule has 0 saturated carbocycles. The predicted molar refractivity (Wildman–Crippen MR) is 78.9 cm³/mol. The third-order valence-corrected chi connectivity index (χ3v) is 3.02. The highest BCUT2D eigenvalue weighted by Crippen LogP contribution is 2.31. The zero-order valence-corrected chi connectivity index (χ0v) is 11.9. The Morgan fingerprint density at radius 2 is 2.05 bits per heavy atom. The molecule has 2 rings (SSSR count). The maximum Gasteiger partial charge on any atom is 0.161 e. The van der Waals surface area contributed by atoms with Crippen molar-refractivity contribution in [3.63, 3.8) is 0 Å². The summed E-state index contributed by atoms with van der Waals surface area (Å²) in [5.41, 5.74) is 2.49. The van der Waals surface area contributed by atoms with E-state index in [0.29, 0.717) is 0 Å². The molecule has 104 valence electrons. The monoisotopic (exact) mass is 261 g/mol. The van der Waals surface area contributed by atoms with Crippen molar-refractivity contribution in [3.8, 4) is 11.5 Å². The lowest BCUT2D eigenvalue weighted by molar-refractivity contribution is 0.297. The summed E-state index contributed by atoms with van der Waals surface area (Å²) in [7, 11) is 0. The van der Waals surface area contributed by atoms with Crippen molar-refractivity contribution >= 4 is 6.08 Å². The summed E-state index contributed by atoms with van der Waals surface area (Å²) >= 11 is 0. The molecule has 1 N–H and O–H groups in total. The van der Waals surface area contributed by atoms with Gasteiger partial charge in [-0.25, -0.2) is 0 Å². The maximum atomic E-state index is 5.70. The molecule has 0 fully saturated rings. The average molecular weight is 261 g/mol. The first-order valence-electron chi connectivity index (χ1n) is 7.07. The molecule has 0 atom stereocenters. The minimum atomic E-state index is 0.733. The molecule has 3 nitrogen and oxygen atoms in total. The highest BCUT2D eigenvalue weighted by atomic mass is 16.5. The minimum Gasteiger partial charge on any atom is -0.490 e. The molecule has 0 aliphatic carbocycles. The largest absolute Gasteiger partial charge is 0.490 e. The number of fused-ring (bicyclic) bond motifs is 1. The summed E-state index contributed by atoms with van der Waals surface area (Å²) in [6.45, 7) is 7.79. The van der Waals surface area contributed by atoms with Gasteiger partial charge in [0.2, 0.25) is 0 Å². The number of hydrogen-bond donors (Lipinski definition) is 1. The van der Waals surface area contributed by atoms with E-state index in [1.807, 2.05) is 6.07 Å². The molecule has 19 heavy (non-hydrogen) atoms. The van der Waals surface area contributed by atoms with Crippen LogP contribution in [-0.4, -0.2) is 26.3 Å². The van der Waals surface area contributed by atoms with Crippen molar-refractivity contribution in [3.05, 3.63) is 29.3 Å². The number of rotatable bonds is 5. The Labute approximate surface area is 115 Å². The molecule has 3 heteroatoms. The molecule has 0 aromatic heterocycles. The quantitative estimate of drug-likeness (QED) is 0.825. The van der Waals surface area contributed by atoms with Crippen LogP contribution in [0, 0.1) is 0 Å². The van der Waals surface area contributed by atoms with Crippen LogP contribution in [0.2, 0.25) is 0 Å². The maximum absolute atomic E-state index is 5.70. The van der Waals surface area contributed by atoms with Gasteiger partial charge in [-0.3, -0.25) is 0 Å². The topological polar surface area (TPSA) is 30.5 Å². The normalized spacial score (nSPS) is 15.2. The lowest BCUT2D eigenvalue weighted by atomic mass is 10.1. The molecule has 1 aliphatic rings. The first kappa shape index (κ1) is 13.9. The van der Waals surface area contributed by atoms with Crippen molar-refractivity contribution in [2.24, 2.45) is 0 Å².